The van der Waals surface area contributed by atoms with E-state index in [0.717, 1.165) is 41.9 Å². The molecule has 0 aliphatic carbocycles. The van der Waals surface area contributed by atoms with Crippen molar-refractivity contribution in [3.63, 3.8) is 0 Å². The molecule has 1 saturated heterocycles. The minimum atomic E-state index is 0.220. The molecule has 1 atom stereocenters. The Hall–Kier alpha value is -1.82. The van der Waals surface area contributed by atoms with E-state index in [1.165, 1.54) is 25.8 Å². The Kier molecular flexibility index (Phi) is 6.59. The van der Waals surface area contributed by atoms with Crippen molar-refractivity contribution < 1.29 is 0 Å². The first-order valence-electron chi connectivity index (χ1n) is 10.7. The molecule has 3 heterocycles. The number of thiophene rings is 2. The lowest BCUT2D eigenvalue weighted by Crippen LogP contribution is -2.48. The molecule has 32 heavy (non-hydrogen) atoms. The minimum Gasteiger partial charge on any atom is -0.361 e. The third kappa shape index (κ3) is 4.75. The predicted molar refractivity (Wildman–Crippen MR) is 141 cm³/mol. The van der Waals surface area contributed by atoms with Gasteiger partial charge in [0.1, 0.15) is 0 Å². The number of benzene rings is 2. The van der Waals surface area contributed by atoms with Crippen LogP contribution in [0.2, 0.25) is 10.0 Å². The summed E-state index contributed by atoms with van der Waals surface area (Å²) >= 11 is 16.6. The second-order valence-corrected chi connectivity index (χ2v) is 11.2. The minimum absolute atomic E-state index is 0.220. The highest BCUT2D eigenvalue weighted by Gasteiger charge is 2.30. The van der Waals surface area contributed by atoms with E-state index >= 15 is 0 Å². The summed E-state index contributed by atoms with van der Waals surface area (Å²) in [7, 11) is 0. The highest BCUT2D eigenvalue weighted by molar-refractivity contribution is 7.21. The summed E-state index contributed by atoms with van der Waals surface area (Å²) in [6.07, 6.45) is 0. The summed E-state index contributed by atoms with van der Waals surface area (Å²) in [5.41, 5.74) is 3.55. The van der Waals surface area contributed by atoms with Crippen molar-refractivity contribution in [2.24, 2.45) is 0 Å². The summed E-state index contributed by atoms with van der Waals surface area (Å²) in [6.45, 7) is 5.92. The van der Waals surface area contributed by atoms with Crippen molar-refractivity contribution in [2.45, 2.75) is 19.5 Å². The fourth-order valence-electron chi connectivity index (χ4n) is 4.32. The quantitative estimate of drug-likeness (QED) is 0.273. The molecule has 1 unspecified atom stereocenters. The zero-order valence-corrected chi connectivity index (χ0v) is 20.9. The molecule has 2 nitrogen and oxygen atoms in total. The lowest BCUT2D eigenvalue weighted by Gasteiger charge is -2.43. The van der Waals surface area contributed by atoms with Gasteiger partial charge in [0.15, 0.2) is 0 Å². The maximum atomic E-state index is 6.68. The monoisotopic (exact) mass is 498 g/mol. The Bertz CT molecular complexity index is 1190. The zero-order chi connectivity index (χ0) is 22.1. The first-order chi connectivity index (χ1) is 15.6. The van der Waals surface area contributed by atoms with E-state index in [1.54, 1.807) is 11.3 Å². The van der Waals surface area contributed by atoms with Crippen LogP contribution in [-0.2, 0) is 6.54 Å². The van der Waals surface area contributed by atoms with Gasteiger partial charge >= 0.3 is 0 Å². The van der Waals surface area contributed by atoms with Gasteiger partial charge in [-0.05, 0) is 65.9 Å². The molecule has 5 rings (SSSR count). The van der Waals surface area contributed by atoms with Crippen molar-refractivity contribution >= 4 is 51.6 Å². The second-order valence-electron chi connectivity index (χ2n) is 8.19. The molecule has 6 heteroatoms. The lowest BCUT2D eigenvalue weighted by atomic mass is 10.0. The third-order valence-electron chi connectivity index (χ3n) is 5.94. The van der Waals surface area contributed by atoms with Crippen LogP contribution in [0.1, 0.15) is 22.0 Å². The number of hydrogen-bond acceptors (Lipinski definition) is 4. The number of anilines is 1. The summed E-state index contributed by atoms with van der Waals surface area (Å²) in [4.78, 5) is 9.12. The van der Waals surface area contributed by atoms with Crippen LogP contribution in [0.5, 0.6) is 0 Å². The highest BCUT2D eigenvalue weighted by Crippen LogP contribution is 2.37. The molecule has 0 N–H and O–H groups in total. The van der Waals surface area contributed by atoms with E-state index in [4.69, 9.17) is 23.2 Å². The molecule has 0 saturated carbocycles. The molecule has 0 bridgehead atoms. The van der Waals surface area contributed by atoms with Gasteiger partial charge in [0.25, 0.3) is 0 Å². The molecule has 0 spiro atoms. The molecule has 2 aromatic heterocycles. The lowest BCUT2D eigenvalue weighted by molar-refractivity contribution is 0.217. The Labute approximate surface area is 207 Å². The largest absolute Gasteiger partial charge is 0.361 e. The van der Waals surface area contributed by atoms with Crippen LogP contribution in [0.4, 0.5) is 5.69 Å². The fraction of sp³-hybridized carbons (Fsp3) is 0.231. The van der Waals surface area contributed by atoms with Crippen LogP contribution in [0.3, 0.4) is 0 Å². The van der Waals surface area contributed by atoms with E-state index in [2.05, 4.69) is 76.7 Å². The maximum Gasteiger partial charge on any atom is 0.0670 e. The Morgan fingerprint density at radius 3 is 2.53 bits per heavy atom. The summed E-state index contributed by atoms with van der Waals surface area (Å²) in [5.74, 6) is 0. The molecule has 1 fully saturated rings. The van der Waals surface area contributed by atoms with Gasteiger partial charge in [-0.2, -0.15) is 0 Å². The summed E-state index contributed by atoms with van der Waals surface area (Å²) in [6, 6.07) is 23.7. The molecule has 1 aliphatic heterocycles. The topological polar surface area (TPSA) is 6.48 Å². The predicted octanol–water partition coefficient (Wildman–Crippen LogP) is 8.16. The normalized spacial score (nSPS) is 17.1. The van der Waals surface area contributed by atoms with Gasteiger partial charge in [-0.15, -0.1) is 22.7 Å². The van der Waals surface area contributed by atoms with Gasteiger partial charge in [0.05, 0.1) is 16.8 Å². The Morgan fingerprint density at radius 2 is 1.78 bits per heavy atom. The highest BCUT2D eigenvalue weighted by atomic mass is 35.5. The first kappa shape index (κ1) is 22.0. The molecule has 2 aromatic carbocycles. The van der Waals surface area contributed by atoms with E-state index in [-0.39, 0.29) is 6.04 Å². The third-order valence-corrected chi connectivity index (χ3v) is 8.63. The van der Waals surface area contributed by atoms with Crippen LogP contribution in [0.25, 0.3) is 9.75 Å². The van der Waals surface area contributed by atoms with E-state index in [1.807, 2.05) is 23.5 Å². The van der Waals surface area contributed by atoms with Gasteiger partial charge < -0.3 is 4.90 Å². The zero-order valence-electron chi connectivity index (χ0n) is 17.8. The van der Waals surface area contributed by atoms with Crippen LogP contribution in [-0.4, -0.2) is 24.5 Å². The SMILES string of the molecule is Cc1ccc(N2CCN(Cc3ccc(-c4cccs4)s3)CC2c2ccc(Cl)cc2)c(Cl)c1. The summed E-state index contributed by atoms with van der Waals surface area (Å²) in [5, 5.41) is 3.72. The Balaban J connectivity index is 1.39. The van der Waals surface area contributed by atoms with Crippen LogP contribution in [0.15, 0.2) is 72.1 Å². The molecule has 4 aromatic rings. The Morgan fingerprint density at radius 1 is 0.938 bits per heavy atom. The van der Waals surface area contributed by atoms with Crippen LogP contribution < -0.4 is 4.90 Å². The van der Waals surface area contributed by atoms with Crippen molar-refractivity contribution in [1.82, 2.24) is 4.90 Å². The number of nitrogens with zero attached hydrogens (tertiary/aromatic N) is 2. The molecular weight excluding hydrogens is 475 g/mol. The van der Waals surface area contributed by atoms with Gasteiger partial charge in [0, 0.05) is 45.8 Å². The van der Waals surface area contributed by atoms with Crippen LogP contribution >= 0.6 is 45.9 Å². The van der Waals surface area contributed by atoms with Crippen molar-refractivity contribution in [3.8, 4) is 9.75 Å². The average Bonchev–Trinajstić information content (AvgIpc) is 3.47. The van der Waals surface area contributed by atoms with Crippen LogP contribution in [0, 0.1) is 6.92 Å². The van der Waals surface area contributed by atoms with Gasteiger partial charge in [-0.1, -0.05) is 47.5 Å². The maximum absolute atomic E-state index is 6.68. The average molecular weight is 500 g/mol. The number of rotatable bonds is 5. The second kappa shape index (κ2) is 9.58. The van der Waals surface area contributed by atoms with Crippen molar-refractivity contribution in [2.75, 3.05) is 24.5 Å². The van der Waals surface area contributed by atoms with Gasteiger partial charge in [-0.25, -0.2) is 0 Å². The molecule has 1 aliphatic rings. The standard InChI is InChI=1S/C26H24Cl2N2S2/c1-18-4-10-23(22(28)15-18)30-13-12-29(17-24(30)19-5-7-20(27)8-6-19)16-21-9-11-26(32-21)25-3-2-14-31-25/h2-11,14-15,24H,12-13,16-17H2,1H3. The molecule has 0 radical (unpaired) electrons. The van der Waals surface area contributed by atoms with E-state index < -0.39 is 0 Å². The van der Waals surface area contributed by atoms with E-state index in [9.17, 15) is 0 Å². The fourth-order valence-corrected chi connectivity index (χ4v) is 6.68. The smallest absolute Gasteiger partial charge is 0.0670 e. The van der Waals surface area contributed by atoms with Gasteiger partial charge in [0.2, 0.25) is 0 Å². The summed E-state index contributed by atoms with van der Waals surface area (Å²) < 4.78 is 0. The van der Waals surface area contributed by atoms with E-state index in [0.29, 0.717) is 0 Å². The van der Waals surface area contributed by atoms with Crippen molar-refractivity contribution in [3.05, 3.63) is 98.2 Å². The number of piperazine rings is 1. The van der Waals surface area contributed by atoms with Crippen molar-refractivity contribution in [1.29, 1.82) is 0 Å². The molecule has 164 valence electrons. The molecule has 0 amide bonds. The molecular formula is C26H24Cl2N2S2. The number of aryl methyl sites for hydroxylation is 1. The van der Waals surface area contributed by atoms with Gasteiger partial charge in [-0.3, -0.25) is 4.90 Å². The number of halogens is 2. The first-order valence-corrected chi connectivity index (χ1v) is 13.2. The number of hydrogen-bond donors (Lipinski definition) is 0.